The monoisotopic (exact) mass is 531 g/mol. The van der Waals surface area contributed by atoms with E-state index in [1.807, 2.05) is 36.4 Å². The normalized spacial score (nSPS) is 14.0. The quantitative estimate of drug-likeness (QED) is 0.230. The van der Waals surface area contributed by atoms with Gasteiger partial charge in [0.1, 0.15) is 12.3 Å². The highest BCUT2D eigenvalue weighted by atomic mass is 16.6. The van der Waals surface area contributed by atoms with Crippen molar-refractivity contribution in [3.05, 3.63) is 71.0 Å². The van der Waals surface area contributed by atoms with Gasteiger partial charge in [0.05, 0.1) is 13.3 Å². The van der Waals surface area contributed by atoms with E-state index in [-0.39, 0.29) is 17.3 Å². The molecule has 5 rings (SSSR count). The summed E-state index contributed by atoms with van der Waals surface area (Å²) in [6, 6.07) is 15.2. The number of rotatable bonds is 10. The van der Waals surface area contributed by atoms with Crippen LogP contribution in [0, 0.1) is 0 Å². The Kier molecular flexibility index (Phi) is 8.07. The lowest BCUT2D eigenvalue weighted by Crippen LogP contribution is -2.31. The van der Waals surface area contributed by atoms with Crippen molar-refractivity contribution >= 4 is 17.9 Å². The van der Waals surface area contributed by atoms with Crippen LogP contribution in [0.3, 0.4) is 0 Å². The standard InChI is InChI=1S/C26H29N9O4/c1-37-22-14-19(10-11-21(22)38-17-18-8-4-2-5-9-18)15-28-30-26(36)23-20(16-34-12-6-3-7-13-34)29-33-35(23)25-24(27)31-39-32-25/h2,4-5,8-11,14-15H,3,6-7,12-13,16-17H2,1H3,(H2,27,31)(H,30,36). The Hall–Kier alpha value is -4.78. The second kappa shape index (κ2) is 12.2. The van der Waals surface area contributed by atoms with Crippen molar-refractivity contribution in [1.29, 1.82) is 0 Å². The number of nitrogens with zero attached hydrogens (tertiary/aromatic N) is 7. The minimum atomic E-state index is -0.527. The molecule has 0 atom stereocenters. The molecule has 0 bridgehead atoms. The number of nitrogens with one attached hydrogen (secondary N) is 1. The molecule has 13 heteroatoms. The number of nitrogen functional groups attached to an aromatic ring is 1. The fourth-order valence-corrected chi connectivity index (χ4v) is 4.30. The van der Waals surface area contributed by atoms with Crippen LogP contribution in [0.5, 0.6) is 11.5 Å². The zero-order chi connectivity index (χ0) is 27.0. The van der Waals surface area contributed by atoms with Crippen LogP contribution in [0.2, 0.25) is 0 Å². The molecule has 202 valence electrons. The third-order valence-electron chi connectivity index (χ3n) is 6.28. The van der Waals surface area contributed by atoms with E-state index >= 15 is 0 Å². The molecule has 1 fully saturated rings. The van der Waals surface area contributed by atoms with Gasteiger partial charge in [-0.3, -0.25) is 9.69 Å². The van der Waals surface area contributed by atoms with E-state index in [1.165, 1.54) is 17.3 Å². The van der Waals surface area contributed by atoms with Crippen LogP contribution in [0.25, 0.3) is 5.82 Å². The number of piperidine rings is 1. The Morgan fingerprint density at radius 1 is 1.13 bits per heavy atom. The summed E-state index contributed by atoms with van der Waals surface area (Å²) in [5.41, 5.74) is 10.8. The maximum Gasteiger partial charge on any atom is 0.292 e. The van der Waals surface area contributed by atoms with Gasteiger partial charge in [-0.1, -0.05) is 42.0 Å². The molecule has 39 heavy (non-hydrogen) atoms. The fourth-order valence-electron chi connectivity index (χ4n) is 4.30. The van der Waals surface area contributed by atoms with Crippen molar-refractivity contribution in [2.45, 2.75) is 32.4 Å². The third-order valence-corrected chi connectivity index (χ3v) is 6.28. The smallest absolute Gasteiger partial charge is 0.292 e. The van der Waals surface area contributed by atoms with E-state index in [0.29, 0.717) is 35.9 Å². The second-order valence-corrected chi connectivity index (χ2v) is 8.99. The Morgan fingerprint density at radius 2 is 1.95 bits per heavy atom. The summed E-state index contributed by atoms with van der Waals surface area (Å²) in [5.74, 6) is 0.682. The van der Waals surface area contributed by atoms with E-state index in [1.54, 1.807) is 19.2 Å². The third kappa shape index (κ3) is 6.21. The molecular weight excluding hydrogens is 502 g/mol. The summed E-state index contributed by atoms with van der Waals surface area (Å²) in [6.07, 6.45) is 4.89. The van der Waals surface area contributed by atoms with Gasteiger partial charge in [0.25, 0.3) is 5.91 Å². The number of anilines is 1. The number of likely N-dealkylation sites (tertiary alicyclic amines) is 1. The van der Waals surface area contributed by atoms with Crippen molar-refractivity contribution < 1.29 is 18.9 Å². The summed E-state index contributed by atoms with van der Waals surface area (Å²) in [6.45, 7) is 2.71. The molecule has 2 aromatic carbocycles. The average Bonchev–Trinajstić information content (AvgIpc) is 3.58. The SMILES string of the molecule is COc1cc(C=NNC(=O)c2c(CN3CCCCC3)nnn2-c2nonc2N)ccc1OCc1ccccc1. The number of hydrogen-bond acceptors (Lipinski definition) is 11. The van der Waals surface area contributed by atoms with E-state index in [4.69, 9.17) is 19.8 Å². The first-order valence-corrected chi connectivity index (χ1v) is 12.6. The van der Waals surface area contributed by atoms with Crippen LogP contribution in [0.15, 0.2) is 58.3 Å². The highest BCUT2D eigenvalue weighted by Gasteiger charge is 2.26. The van der Waals surface area contributed by atoms with Crippen LogP contribution in [0.1, 0.15) is 46.6 Å². The molecule has 3 heterocycles. The molecule has 2 aromatic heterocycles. The molecule has 1 aliphatic heterocycles. The molecule has 1 aliphatic rings. The van der Waals surface area contributed by atoms with Gasteiger partial charge in [-0.25, -0.2) is 10.1 Å². The molecule has 0 spiro atoms. The number of benzene rings is 2. The molecule has 1 saturated heterocycles. The molecule has 4 aromatic rings. The van der Waals surface area contributed by atoms with E-state index in [2.05, 4.69) is 36.1 Å². The Labute approximate surface area is 224 Å². The maximum absolute atomic E-state index is 13.3. The minimum absolute atomic E-state index is 0.0105. The van der Waals surface area contributed by atoms with Crippen LogP contribution in [-0.4, -0.2) is 62.5 Å². The van der Waals surface area contributed by atoms with E-state index in [9.17, 15) is 4.79 Å². The number of hydrogen-bond donors (Lipinski definition) is 2. The molecule has 3 N–H and O–H groups in total. The first kappa shape index (κ1) is 25.9. The molecule has 0 unspecified atom stereocenters. The van der Waals surface area contributed by atoms with Crippen molar-refractivity contribution in [1.82, 2.24) is 35.6 Å². The lowest BCUT2D eigenvalue weighted by Gasteiger charge is -2.25. The first-order valence-electron chi connectivity index (χ1n) is 12.6. The number of hydrazone groups is 1. The van der Waals surface area contributed by atoms with Gasteiger partial charge in [0, 0.05) is 6.54 Å². The number of ether oxygens (including phenoxy) is 2. The van der Waals surface area contributed by atoms with Gasteiger partial charge in [-0.15, -0.1) is 5.10 Å². The summed E-state index contributed by atoms with van der Waals surface area (Å²) in [4.78, 5) is 15.5. The Morgan fingerprint density at radius 3 is 2.69 bits per heavy atom. The number of aromatic nitrogens is 5. The largest absolute Gasteiger partial charge is 0.493 e. The summed E-state index contributed by atoms with van der Waals surface area (Å²) in [5, 5.41) is 19.8. The molecular formula is C26H29N9O4. The van der Waals surface area contributed by atoms with Crippen molar-refractivity contribution in [3.63, 3.8) is 0 Å². The van der Waals surface area contributed by atoms with Gasteiger partial charge in [0.15, 0.2) is 17.2 Å². The molecule has 0 radical (unpaired) electrons. The predicted molar refractivity (Wildman–Crippen MR) is 142 cm³/mol. The van der Waals surface area contributed by atoms with Gasteiger partial charge < -0.3 is 15.2 Å². The number of nitrogens with two attached hydrogens (primary N) is 1. The molecule has 1 amide bonds. The Bertz CT molecular complexity index is 1430. The zero-order valence-corrected chi connectivity index (χ0v) is 21.5. The summed E-state index contributed by atoms with van der Waals surface area (Å²) < 4.78 is 17.3. The lowest BCUT2D eigenvalue weighted by molar-refractivity contribution is 0.0944. The van der Waals surface area contributed by atoms with E-state index < -0.39 is 5.91 Å². The zero-order valence-electron chi connectivity index (χ0n) is 21.5. The van der Waals surface area contributed by atoms with Crippen LogP contribution in [-0.2, 0) is 13.2 Å². The average molecular weight is 532 g/mol. The van der Waals surface area contributed by atoms with Crippen LogP contribution in [0.4, 0.5) is 5.82 Å². The second-order valence-electron chi connectivity index (χ2n) is 8.99. The van der Waals surface area contributed by atoms with Crippen molar-refractivity contribution in [2.24, 2.45) is 5.10 Å². The van der Waals surface area contributed by atoms with Crippen LogP contribution >= 0.6 is 0 Å². The van der Waals surface area contributed by atoms with Crippen molar-refractivity contribution in [3.8, 4) is 17.3 Å². The Balaban J connectivity index is 1.30. The van der Waals surface area contributed by atoms with Gasteiger partial charge in [-0.2, -0.15) is 9.78 Å². The first-order chi connectivity index (χ1) is 19.1. The minimum Gasteiger partial charge on any atom is -0.493 e. The summed E-state index contributed by atoms with van der Waals surface area (Å²) >= 11 is 0. The number of methoxy groups -OCH3 is 1. The lowest BCUT2D eigenvalue weighted by atomic mass is 10.1. The van der Waals surface area contributed by atoms with Gasteiger partial charge in [-0.05, 0) is 65.6 Å². The van der Waals surface area contributed by atoms with Gasteiger partial charge >= 0.3 is 0 Å². The number of amides is 1. The molecule has 0 saturated carbocycles. The molecule has 0 aliphatic carbocycles. The predicted octanol–water partition coefficient (Wildman–Crippen LogP) is 2.57. The van der Waals surface area contributed by atoms with Crippen LogP contribution < -0.4 is 20.6 Å². The van der Waals surface area contributed by atoms with Gasteiger partial charge in [0.2, 0.25) is 11.6 Å². The number of carbonyl (C=O) groups is 1. The van der Waals surface area contributed by atoms with E-state index in [0.717, 1.165) is 31.5 Å². The highest BCUT2D eigenvalue weighted by molar-refractivity contribution is 5.95. The summed E-state index contributed by atoms with van der Waals surface area (Å²) in [7, 11) is 1.57. The fraction of sp³-hybridized carbons (Fsp3) is 0.308. The highest BCUT2D eigenvalue weighted by Crippen LogP contribution is 2.28. The maximum atomic E-state index is 13.3. The topological polar surface area (TPSA) is 159 Å². The van der Waals surface area contributed by atoms with Crippen molar-refractivity contribution in [2.75, 3.05) is 25.9 Å². The molecule has 13 nitrogen and oxygen atoms in total. The number of carbonyl (C=O) groups excluding carboxylic acids is 1.